The number of fused-ring (bicyclic) bond motifs is 1. The van der Waals surface area contributed by atoms with Crippen molar-refractivity contribution in [2.75, 3.05) is 12.3 Å². The van der Waals surface area contributed by atoms with Gasteiger partial charge in [0.25, 0.3) is 0 Å². The molecule has 1 atom stereocenters. The second kappa shape index (κ2) is 6.70. The Kier molecular flexibility index (Phi) is 5.18. The Morgan fingerprint density at radius 1 is 1.25 bits per heavy atom. The summed E-state index contributed by atoms with van der Waals surface area (Å²) in [6.07, 6.45) is 5.52. The summed E-state index contributed by atoms with van der Waals surface area (Å²) in [7, 11) is -3.34. The van der Waals surface area contributed by atoms with Crippen LogP contribution in [0.5, 0.6) is 0 Å². The summed E-state index contributed by atoms with van der Waals surface area (Å²) in [4.78, 5) is 0. The molecule has 1 unspecified atom stereocenters. The van der Waals surface area contributed by atoms with Gasteiger partial charge in [-0.25, -0.2) is 13.6 Å². The number of nitrogens with two attached hydrogens (primary N) is 1. The van der Waals surface area contributed by atoms with Crippen molar-refractivity contribution in [3.63, 3.8) is 0 Å². The molecule has 0 heterocycles. The maximum Gasteiger partial charge on any atom is 0.209 e. The van der Waals surface area contributed by atoms with Crippen LogP contribution in [0, 0.1) is 0 Å². The summed E-state index contributed by atoms with van der Waals surface area (Å²) in [5.41, 5.74) is 4.25. The fraction of sp³-hybridized carbons (Fsp3) is 0.600. The lowest BCUT2D eigenvalue weighted by Crippen LogP contribution is -2.24. The summed E-state index contributed by atoms with van der Waals surface area (Å²) in [6, 6.07) is 6.96. The van der Waals surface area contributed by atoms with E-state index in [-0.39, 0.29) is 11.8 Å². The summed E-state index contributed by atoms with van der Waals surface area (Å²) in [5, 5.41) is 8.34. The molecule has 4 nitrogen and oxygen atoms in total. The molecular weight excluding hydrogens is 272 g/mol. The molecule has 2 rings (SSSR count). The van der Waals surface area contributed by atoms with Crippen molar-refractivity contribution in [2.45, 2.75) is 45.1 Å². The Bertz CT molecular complexity index is 555. The molecule has 1 aromatic rings. The van der Waals surface area contributed by atoms with E-state index in [1.165, 1.54) is 42.4 Å². The quantitative estimate of drug-likeness (QED) is 0.788. The van der Waals surface area contributed by atoms with Crippen LogP contribution in [0.15, 0.2) is 18.2 Å². The summed E-state index contributed by atoms with van der Waals surface area (Å²) >= 11 is 0. The Morgan fingerprint density at radius 2 is 1.95 bits per heavy atom. The van der Waals surface area contributed by atoms with E-state index in [4.69, 9.17) is 5.14 Å². The molecule has 0 aliphatic heterocycles. The van der Waals surface area contributed by atoms with Crippen molar-refractivity contribution >= 4 is 10.0 Å². The molecule has 0 saturated carbocycles. The maximum absolute atomic E-state index is 10.9. The minimum atomic E-state index is -3.34. The van der Waals surface area contributed by atoms with Gasteiger partial charge in [-0.3, -0.25) is 0 Å². The molecule has 0 saturated heterocycles. The molecule has 0 fully saturated rings. The van der Waals surface area contributed by atoms with E-state index in [2.05, 4.69) is 30.4 Å². The molecule has 112 valence electrons. The monoisotopic (exact) mass is 296 g/mol. The highest BCUT2D eigenvalue weighted by atomic mass is 32.2. The largest absolute Gasteiger partial charge is 0.310 e. The van der Waals surface area contributed by atoms with Gasteiger partial charge in [-0.05, 0) is 62.3 Å². The van der Waals surface area contributed by atoms with Crippen LogP contribution in [-0.4, -0.2) is 20.7 Å². The average molecular weight is 296 g/mol. The van der Waals surface area contributed by atoms with E-state index in [0.717, 1.165) is 0 Å². The number of primary sulfonamides is 1. The number of nitrogens with one attached hydrogen (secondary N) is 1. The minimum absolute atomic E-state index is 0.0386. The molecule has 20 heavy (non-hydrogen) atoms. The van der Waals surface area contributed by atoms with Gasteiger partial charge >= 0.3 is 0 Å². The van der Waals surface area contributed by atoms with Crippen LogP contribution in [0.25, 0.3) is 0 Å². The third kappa shape index (κ3) is 4.58. The Labute approximate surface area is 121 Å². The molecule has 0 bridgehead atoms. The number of sulfonamides is 1. The smallest absolute Gasteiger partial charge is 0.209 e. The maximum atomic E-state index is 10.9. The van der Waals surface area contributed by atoms with Crippen molar-refractivity contribution in [3.05, 3.63) is 34.9 Å². The molecule has 5 heteroatoms. The number of hydrogen-bond donors (Lipinski definition) is 2. The van der Waals surface area contributed by atoms with E-state index in [0.29, 0.717) is 13.0 Å². The third-order valence-electron chi connectivity index (χ3n) is 3.93. The third-order valence-corrected chi connectivity index (χ3v) is 4.79. The van der Waals surface area contributed by atoms with Gasteiger partial charge in [0.1, 0.15) is 0 Å². The van der Waals surface area contributed by atoms with E-state index in [1.807, 2.05) is 0 Å². The topological polar surface area (TPSA) is 72.2 Å². The molecule has 3 N–H and O–H groups in total. The Hall–Kier alpha value is -0.910. The van der Waals surface area contributed by atoms with Crippen LogP contribution in [-0.2, 0) is 22.9 Å². The standard InChI is InChI=1S/C15H24N2O2S/c1-12(17-9-4-10-20(16,18)19)14-8-7-13-5-2-3-6-15(13)11-14/h7-8,11-12,17H,2-6,9-10H2,1H3,(H2,16,18,19). The normalized spacial score (nSPS) is 16.7. The van der Waals surface area contributed by atoms with Gasteiger partial charge in [-0.15, -0.1) is 0 Å². The fourth-order valence-corrected chi connectivity index (χ4v) is 3.28. The van der Waals surface area contributed by atoms with Crippen LogP contribution in [0.1, 0.15) is 48.9 Å². The van der Waals surface area contributed by atoms with Crippen LogP contribution in [0.2, 0.25) is 0 Å². The Balaban J connectivity index is 1.87. The predicted molar refractivity (Wildman–Crippen MR) is 82.1 cm³/mol. The zero-order chi connectivity index (χ0) is 14.6. The molecule has 1 aromatic carbocycles. The second-order valence-corrected chi connectivity index (χ2v) is 7.37. The van der Waals surface area contributed by atoms with Crippen molar-refractivity contribution in [2.24, 2.45) is 5.14 Å². The van der Waals surface area contributed by atoms with Crippen molar-refractivity contribution in [1.29, 1.82) is 0 Å². The number of rotatable bonds is 6. The number of aryl methyl sites for hydroxylation is 2. The van der Waals surface area contributed by atoms with Crippen LogP contribution < -0.4 is 10.5 Å². The lowest BCUT2D eigenvalue weighted by Gasteiger charge is -2.20. The van der Waals surface area contributed by atoms with Gasteiger partial charge in [-0.2, -0.15) is 0 Å². The van der Waals surface area contributed by atoms with E-state index < -0.39 is 10.0 Å². The number of benzene rings is 1. The summed E-state index contributed by atoms with van der Waals surface area (Å²) < 4.78 is 21.7. The molecule has 0 amide bonds. The molecule has 0 aromatic heterocycles. The molecule has 0 radical (unpaired) electrons. The van der Waals surface area contributed by atoms with Crippen LogP contribution >= 0.6 is 0 Å². The average Bonchev–Trinajstić information content (AvgIpc) is 2.42. The van der Waals surface area contributed by atoms with Crippen LogP contribution in [0.4, 0.5) is 0 Å². The van der Waals surface area contributed by atoms with E-state index in [1.54, 1.807) is 0 Å². The summed E-state index contributed by atoms with van der Waals surface area (Å²) in [6.45, 7) is 2.77. The van der Waals surface area contributed by atoms with Gasteiger partial charge in [-0.1, -0.05) is 18.2 Å². The first-order valence-corrected chi connectivity index (χ1v) is 9.03. The molecule has 1 aliphatic carbocycles. The Morgan fingerprint density at radius 3 is 2.65 bits per heavy atom. The first kappa shape index (κ1) is 15.5. The van der Waals surface area contributed by atoms with Gasteiger partial charge < -0.3 is 5.32 Å². The van der Waals surface area contributed by atoms with Gasteiger partial charge in [0.2, 0.25) is 10.0 Å². The fourth-order valence-electron chi connectivity index (χ4n) is 2.73. The lowest BCUT2D eigenvalue weighted by atomic mass is 9.89. The van der Waals surface area contributed by atoms with Gasteiger partial charge in [0.05, 0.1) is 5.75 Å². The van der Waals surface area contributed by atoms with Crippen molar-refractivity contribution in [1.82, 2.24) is 5.32 Å². The predicted octanol–water partition coefficient (Wildman–Crippen LogP) is 1.89. The van der Waals surface area contributed by atoms with E-state index >= 15 is 0 Å². The van der Waals surface area contributed by atoms with Crippen LogP contribution in [0.3, 0.4) is 0 Å². The first-order valence-electron chi connectivity index (χ1n) is 7.31. The zero-order valence-corrected chi connectivity index (χ0v) is 12.9. The van der Waals surface area contributed by atoms with Gasteiger partial charge in [0, 0.05) is 6.04 Å². The highest BCUT2D eigenvalue weighted by molar-refractivity contribution is 7.89. The highest BCUT2D eigenvalue weighted by Crippen LogP contribution is 2.24. The summed E-state index contributed by atoms with van der Waals surface area (Å²) in [5.74, 6) is 0.0386. The van der Waals surface area contributed by atoms with Gasteiger partial charge in [0.15, 0.2) is 0 Å². The molecule has 1 aliphatic rings. The zero-order valence-electron chi connectivity index (χ0n) is 12.1. The first-order chi connectivity index (χ1) is 9.46. The second-order valence-electron chi connectivity index (χ2n) is 5.63. The van der Waals surface area contributed by atoms with Crippen molar-refractivity contribution < 1.29 is 8.42 Å². The van der Waals surface area contributed by atoms with Crippen molar-refractivity contribution in [3.8, 4) is 0 Å². The minimum Gasteiger partial charge on any atom is -0.310 e. The van der Waals surface area contributed by atoms with E-state index in [9.17, 15) is 8.42 Å². The lowest BCUT2D eigenvalue weighted by molar-refractivity contribution is 0.559. The number of hydrogen-bond acceptors (Lipinski definition) is 3. The highest BCUT2D eigenvalue weighted by Gasteiger charge is 2.12. The SMILES string of the molecule is CC(NCCCS(N)(=O)=O)c1ccc2c(c1)CCCC2. The molecule has 0 spiro atoms. The molecular formula is C15H24N2O2S.